The van der Waals surface area contributed by atoms with Crippen molar-refractivity contribution in [3.8, 4) is 12.1 Å². The summed E-state index contributed by atoms with van der Waals surface area (Å²) in [6.45, 7) is 0. The third-order valence-electron chi connectivity index (χ3n) is 3.93. The van der Waals surface area contributed by atoms with E-state index in [0.717, 1.165) is 37.1 Å². The van der Waals surface area contributed by atoms with Gasteiger partial charge in [-0.3, -0.25) is 19.2 Å². The quantitative estimate of drug-likeness (QED) is 0.709. The van der Waals surface area contributed by atoms with Crippen LogP contribution >= 0.6 is 11.6 Å². The molecule has 1 atom stereocenters. The second-order valence-corrected chi connectivity index (χ2v) is 6.91. The van der Waals surface area contributed by atoms with E-state index in [9.17, 15) is 19.2 Å². The molecule has 2 aliphatic rings. The summed E-state index contributed by atoms with van der Waals surface area (Å²) in [5, 5.41) is 17.1. The van der Waals surface area contributed by atoms with Gasteiger partial charge in [0.05, 0.1) is 12.1 Å². The Bertz CT molecular complexity index is 759. The van der Waals surface area contributed by atoms with Crippen LogP contribution in [0, 0.1) is 28.6 Å². The van der Waals surface area contributed by atoms with Crippen LogP contribution in [0.1, 0.15) is 57.8 Å². The molecular formula is C20H25ClN4O4. The van der Waals surface area contributed by atoms with Crippen LogP contribution in [0.3, 0.4) is 0 Å². The van der Waals surface area contributed by atoms with Crippen molar-refractivity contribution >= 4 is 35.0 Å². The molecule has 0 heterocycles. The summed E-state index contributed by atoms with van der Waals surface area (Å²) >= 11 is 5.66. The number of nitrogens with zero attached hydrogens (tertiary/aromatic N) is 2. The van der Waals surface area contributed by atoms with Gasteiger partial charge >= 0.3 is 0 Å². The summed E-state index contributed by atoms with van der Waals surface area (Å²) in [6, 6.07) is 3.42. The zero-order valence-electron chi connectivity index (χ0n) is 16.2. The molecule has 0 radical (unpaired) electrons. The van der Waals surface area contributed by atoms with E-state index >= 15 is 0 Å². The Morgan fingerprint density at radius 3 is 1.93 bits per heavy atom. The van der Waals surface area contributed by atoms with Crippen LogP contribution in [0.15, 0.2) is 22.8 Å². The molecule has 29 heavy (non-hydrogen) atoms. The SMILES string of the molecule is N#CC(C(N)=O)C1=CC(=O)CCCC1.N#CCC(N)=O.O=C1C=C(Cl)CCCC1. The zero-order valence-corrected chi connectivity index (χ0v) is 16.9. The van der Waals surface area contributed by atoms with Gasteiger partial charge in [-0.05, 0) is 56.3 Å². The molecule has 1 unspecified atom stereocenters. The van der Waals surface area contributed by atoms with E-state index in [1.165, 1.54) is 6.08 Å². The number of nitriles is 2. The van der Waals surface area contributed by atoms with Crippen molar-refractivity contribution in [1.29, 1.82) is 10.5 Å². The number of hydrogen-bond donors (Lipinski definition) is 2. The molecule has 0 fully saturated rings. The van der Waals surface area contributed by atoms with E-state index in [1.807, 2.05) is 6.07 Å². The predicted molar refractivity (Wildman–Crippen MR) is 107 cm³/mol. The minimum Gasteiger partial charge on any atom is -0.369 e. The minimum absolute atomic E-state index is 0.0148. The maximum Gasteiger partial charge on any atom is 0.238 e. The third-order valence-corrected chi connectivity index (χ3v) is 4.23. The number of nitrogens with two attached hydrogens (primary N) is 2. The molecule has 9 heteroatoms. The number of rotatable bonds is 3. The van der Waals surface area contributed by atoms with E-state index < -0.39 is 17.7 Å². The van der Waals surface area contributed by atoms with Gasteiger partial charge in [-0.2, -0.15) is 10.5 Å². The molecule has 2 rings (SSSR count). The lowest BCUT2D eigenvalue weighted by molar-refractivity contribution is -0.119. The van der Waals surface area contributed by atoms with Gasteiger partial charge in [-0.25, -0.2) is 0 Å². The topological polar surface area (TPSA) is 168 Å². The maximum atomic E-state index is 11.2. The Kier molecular flexibility index (Phi) is 13.5. The molecule has 0 aliphatic heterocycles. The van der Waals surface area contributed by atoms with Gasteiger partial charge in [0, 0.05) is 17.9 Å². The number of hydrogen-bond acceptors (Lipinski definition) is 6. The number of ketones is 2. The first-order valence-electron chi connectivity index (χ1n) is 9.17. The van der Waals surface area contributed by atoms with Gasteiger partial charge in [0.25, 0.3) is 0 Å². The van der Waals surface area contributed by atoms with E-state index in [1.54, 1.807) is 12.1 Å². The average molecular weight is 421 g/mol. The molecule has 0 saturated carbocycles. The highest BCUT2D eigenvalue weighted by Gasteiger charge is 2.21. The summed E-state index contributed by atoms with van der Waals surface area (Å²) in [4.78, 5) is 42.4. The first-order chi connectivity index (χ1) is 13.7. The van der Waals surface area contributed by atoms with Gasteiger partial charge in [-0.1, -0.05) is 11.6 Å². The van der Waals surface area contributed by atoms with E-state index in [-0.39, 0.29) is 18.0 Å². The van der Waals surface area contributed by atoms with Crippen molar-refractivity contribution in [3.05, 3.63) is 22.8 Å². The Labute approximate surface area is 175 Å². The molecule has 2 aliphatic carbocycles. The highest BCUT2D eigenvalue weighted by Crippen LogP contribution is 2.21. The lowest BCUT2D eigenvalue weighted by Gasteiger charge is -2.07. The Hall–Kier alpha value is -2.97. The molecule has 4 N–H and O–H groups in total. The lowest BCUT2D eigenvalue weighted by atomic mass is 9.96. The van der Waals surface area contributed by atoms with Crippen molar-refractivity contribution < 1.29 is 19.2 Å². The van der Waals surface area contributed by atoms with E-state index in [0.29, 0.717) is 24.8 Å². The second-order valence-electron chi connectivity index (χ2n) is 6.42. The Balaban J connectivity index is 0.000000448. The summed E-state index contributed by atoms with van der Waals surface area (Å²) in [5.41, 5.74) is 10.2. The van der Waals surface area contributed by atoms with E-state index in [4.69, 9.17) is 27.9 Å². The van der Waals surface area contributed by atoms with Crippen molar-refractivity contribution in [2.24, 2.45) is 17.4 Å². The van der Waals surface area contributed by atoms with Gasteiger partial charge in [0.1, 0.15) is 12.3 Å². The maximum absolute atomic E-state index is 11.2. The standard InChI is InChI=1S/C10H12N2O2.C7H9ClO.C3H4N2O/c11-6-9(10(12)14)7-3-1-2-4-8(13)5-7;8-6-3-1-2-4-7(9)5-6;4-2-1-3(5)6/h5,9H,1-4H2,(H2,12,14);5H,1-4H2;1H2,(H2,5,6). The molecule has 0 aromatic heterocycles. The van der Waals surface area contributed by atoms with Gasteiger partial charge in [-0.15, -0.1) is 0 Å². The summed E-state index contributed by atoms with van der Waals surface area (Å²) < 4.78 is 0. The second kappa shape index (κ2) is 15.0. The van der Waals surface area contributed by atoms with Crippen molar-refractivity contribution in [1.82, 2.24) is 0 Å². The fourth-order valence-corrected chi connectivity index (χ4v) is 2.78. The number of allylic oxidation sites excluding steroid dienone is 3. The molecule has 156 valence electrons. The normalized spacial score (nSPS) is 17.1. The van der Waals surface area contributed by atoms with Crippen LogP contribution in [-0.4, -0.2) is 23.4 Å². The van der Waals surface area contributed by atoms with E-state index in [2.05, 4.69) is 5.73 Å². The molecule has 8 nitrogen and oxygen atoms in total. The molecule has 2 amide bonds. The van der Waals surface area contributed by atoms with Gasteiger partial charge in [0.15, 0.2) is 11.6 Å². The number of carbonyl (C=O) groups is 4. The summed E-state index contributed by atoms with van der Waals surface area (Å²) in [5.74, 6) is -2.01. The number of primary amides is 2. The van der Waals surface area contributed by atoms with Crippen LogP contribution in [-0.2, 0) is 19.2 Å². The van der Waals surface area contributed by atoms with Gasteiger partial charge < -0.3 is 11.5 Å². The van der Waals surface area contributed by atoms with Crippen LogP contribution in [0.25, 0.3) is 0 Å². The molecule has 0 spiro atoms. The highest BCUT2D eigenvalue weighted by atomic mass is 35.5. The van der Waals surface area contributed by atoms with Crippen LogP contribution in [0.2, 0.25) is 0 Å². The fourth-order valence-electron chi connectivity index (χ4n) is 2.53. The number of halogens is 1. The third kappa shape index (κ3) is 12.9. The number of amides is 2. The molecular weight excluding hydrogens is 396 g/mol. The lowest BCUT2D eigenvalue weighted by Crippen LogP contribution is -2.23. The van der Waals surface area contributed by atoms with Gasteiger partial charge in [0.2, 0.25) is 11.8 Å². The van der Waals surface area contributed by atoms with Crippen LogP contribution in [0.4, 0.5) is 0 Å². The first-order valence-corrected chi connectivity index (χ1v) is 9.55. The Morgan fingerprint density at radius 2 is 1.48 bits per heavy atom. The molecule has 0 aromatic carbocycles. The summed E-state index contributed by atoms with van der Waals surface area (Å²) in [6.07, 6.45) is 9.16. The van der Waals surface area contributed by atoms with Crippen LogP contribution < -0.4 is 11.5 Å². The van der Waals surface area contributed by atoms with Crippen molar-refractivity contribution in [2.45, 2.75) is 57.8 Å². The monoisotopic (exact) mass is 420 g/mol. The minimum atomic E-state index is -0.933. The Morgan fingerprint density at radius 1 is 0.966 bits per heavy atom. The predicted octanol–water partition coefficient (Wildman–Crippen LogP) is 2.32. The average Bonchev–Trinajstić information content (AvgIpc) is 2.95. The fraction of sp³-hybridized carbons (Fsp3) is 0.500. The van der Waals surface area contributed by atoms with Crippen LogP contribution in [0.5, 0.6) is 0 Å². The molecule has 0 bridgehead atoms. The number of carbonyl (C=O) groups excluding carboxylic acids is 4. The molecule has 0 saturated heterocycles. The molecule has 0 aromatic rings. The summed E-state index contributed by atoms with van der Waals surface area (Å²) in [7, 11) is 0. The smallest absolute Gasteiger partial charge is 0.238 e. The highest BCUT2D eigenvalue weighted by molar-refractivity contribution is 6.31. The zero-order chi connectivity index (χ0) is 22.2. The van der Waals surface area contributed by atoms with Crippen molar-refractivity contribution in [2.75, 3.05) is 0 Å². The van der Waals surface area contributed by atoms with Crippen molar-refractivity contribution in [3.63, 3.8) is 0 Å². The first kappa shape index (κ1) is 26.0. The largest absolute Gasteiger partial charge is 0.369 e.